The monoisotopic (exact) mass is 713 g/mol. The van der Waals surface area contributed by atoms with Crippen molar-refractivity contribution in [2.45, 2.75) is 121 Å². The minimum Gasteiger partial charge on any atom is -0.338 e. The number of hydrogen-bond donors (Lipinski definition) is 0. The Labute approximate surface area is 306 Å². The van der Waals surface area contributed by atoms with Gasteiger partial charge in [0.05, 0.1) is 34.0 Å². The van der Waals surface area contributed by atoms with Gasteiger partial charge in [-0.25, -0.2) is 0 Å². The number of carbonyl (C=O) groups excluding carboxylic acids is 6. The molecule has 6 spiro atoms. The summed E-state index contributed by atoms with van der Waals surface area (Å²) >= 11 is 0. The summed E-state index contributed by atoms with van der Waals surface area (Å²) in [7, 11) is 7.40. The van der Waals surface area contributed by atoms with Crippen molar-refractivity contribution >= 4 is 35.4 Å². The largest absolute Gasteiger partial charge is 0.338 e. The van der Waals surface area contributed by atoms with Gasteiger partial charge in [0, 0.05) is 59.2 Å². The van der Waals surface area contributed by atoms with Crippen LogP contribution in [0.25, 0.3) is 0 Å². The molecule has 0 aromatic rings. The molecule has 12 nitrogen and oxygen atoms in total. The number of hydrogen-bond acceptors (Lipinski definition) is 6. The molecule has 11 atom stereocenters. The van der Waals surface area contributed by atoms with Crippen LogP contribution in [0.3, 0.4) is 0 Å². The third-order valence-electron chi connectivity index (χ3n) is 18.5. The molecule has 0 aromatic carbocycles. The average Bonchev–Trinajstić information content (AvgIpc) is 3.79. The van der Waals surface area contributed by atoms with E-state index in [9.17, 15) is 19.2 Å². The van der Waals surface area contributed by atoms with Crippen LogP contribution in [0.15, 0.2) is 11.8 Å². The lowest BCUT2D eigenvalue weighted by Crippen LogP contribution is -2.81. The first-order chi connectivity index (χ1) is 24.1. The summed E-state index contributed by atoms with van der Waals surface area (Å²) in [5.74, 6) is -0.291. The van der Waals surface area contributed by atoms with E-state index in [4.69, 9.17) is 0 Å². The van der Waals surface area contributed by atoms with E-state index < -0.39 is 55.9 Å². The number of fused-ring (bicyclic) bond motifs is 3. The molecule has 4 bridgehead atoms. The first-order valence-electron chi connectivity index (χ1n) is 19.4. The summed E-state index contributed by atoms with van der Waals surface area (Å²) in [5.41, 5.74) is -5.67. The van der Waals surface area contributed by atoms with Crippen molar-refractivity contribution in [2.24, 2.45) is 39.4 Å². The first-order valence-corrected chi connectivity index (χ1v) is 19.4. The second-order valence-corrected chi connectivity index (χ2v) is 20.1. The van der Waals surface area contributed by atoms with Gasteiger partial charge in [0.1, 0.15) is 11.1 Å². The molecule has 2 saturated carbocycles. The minimum atomic E-state index is -1.09. The second-order valence-electron chi connectivity index (χ2n) is 20.1. The summed E-state index contributed by atoms with van der Waals surface area (Å²) < 4.78 is 0. The maximum Gasteiger partial charge on any atom is 0.249 e. The van der Waals surface area contributed by atoms with Crippen LogP contribution < -0.4 is 0 Å². The molecule has 279 valence electrons. The highest BCUT2D eigenvalue weighted by Crippen LogP contribution is 2.76. The van der Waals surface area contributed by atoms with Gasteiger partial charge in [-0.3, -0.25) is 28.8 Å². The van der Waals surface area contributed by atoms with Crippen molar-refractivity contribution in [3.63, 3.8) is 0 Å². The van der Waals surface area contributed by atoms with Gasteiger partial charge in [0.2, 0.25) is 35.4 Å². The van der Waals surface area contributed by atoms with Crippen LogP contribution in [-0.2, 0) is 28.8 Å². The zero-order valence-corrected chi connectivity index (χ0v) is 32.3. The Hall–Kier alpha value is -3.44. The molecule has 2 unspecified atom stereocenters. The van der Waals surface area contributed by atoms with E-state index in [1.807, 2.05) is 65.7 Å². The molecule has 11 fully saturated rings. The molecule has 12 heteroatoms. The molecule has 12 aliphatic rings. The molecule has 10 heterocycles. The Morgan fingerprint density at radius 2 is 1.35 bits per heavy atom. The Bertz CT molecular complexity index is 1910. The molecule has 10 aliphatic heterocycles. The molecular weight excluding hydrogens is 660 g/mol. The number of amides is 6. The maximum atomic E-state index is 15.2. The molecule has 0 aromatic heterocycles. The third-order valence-corrected chi connectivity index (χ3v) is 18.5. The second kappa shape index (κ2) is 8.75. The van der Waals surface area contributed by atoms with Gasteiger partial charge in [0.25, 0.3) is 0 Å². The van der Waals surface area contributed by atoms with Gasteiger partial charge in [-0.05, 0) is 67.3 Å². The zero-order valence-electron chi connectivity index (χ0n) is 32.3. The lowest BCUT2D eigenvalue weighted by molar-refractivity contribution is -0.192. The number of likely N-dealkylation sites (N-methyl/N-ethyl adjacent to an activating group) is 3. The van der Waals surface area contributed by atoms with Crippen LogP contribution >= 0.6 is 0 Å². The van der Waals surface area contributed by atoms with Crippen molar-refractivity contribution in [2.75, 3.05) is 34.7 Å². The van der Waals surface area contributed by atoms with Gasteiger partial charge >= 0.3 is 0 Å². The number of carbonyl (C=O) groups is 6. The normalized spacial score (nSPS) is 50.5. The van der Waals surface area contributed by atoms with E-state index in [2.05, 4.69) is 34.1 Å². The van der Waals surface area contributed by atoms with E-state index in [1.165, 1.54) is 0 Å². The molecule has 9 saturated heterocycles. The van der Waals surface area contributed by atoms with E-state index in [-0.39, 0.29) is 53.2 Å². The van der Waals surface area contributed by atoms with Crippen LogP contribution in [0.1, 0.15) is 86.5 Å². The summed E-state index contributed by atoms with van der Waals surface area (Å²) in [6, 6.07) is -0.818. The highest BCUT2D eigenvalue weighted by molar-refractivity contribution is 6.02. The third kappa shape index (κ3) is 2.78. The van der Waals surface area contributed by atoms with Crippen molar-refractivity contribution in [3.05, 3.63) is 18.2 Å². The molecule has 2 aliphatic carbocycles. The van der Waals surface area contributed by atoms with E-state index >= 15 is 9.59 Å². The molecule has 1 radical (unpaired) electrons. The first kappa shape index (κ1) is 33.2. The summed E-state index contributed by atoms with van der Waals surface area (Å²) in [6.45, 7) is 13.1. The molecular formula is C40H53N6O6. The van der Waals surface area contributed by atoms with Crippen LogP contribution in [0.2, 0.25) is 0 Å². The number of likely N-dealkylation sites (tertiary alicyclic amines) is 1. The Morgan fingerprint density at radius 1 is 0.712 bits per heavy atom. The molecule has 6 amide bonds. The van der Waals surface area contributed by atoms with E-state index in [0.717, 1.165) is 5.57 Å². The highest BCUT2D eigenvalue weighted by Gasteiger charge is 2.85. The quantitative estimate of drug-likeness (QED) is 0.410. The average molecular weight is 714 g/mol. The van der Waals surface area contributed by atoms with Gasteiger partial charge in [-0.1, -0.05) is 41.5 Å². The summed E-state index contributed by atoms with van der Waals surface area (Å²) in [5, 5.41) is 0. The van der Waals surface area contributed by atoms with Gasteiger partial charge in [-0.15, -0.1) is 0 Å². The van der Waals surface area contributed by atoms with Crippen LogP contribution in [0.5, 0.6) is 0 Å². The maximum absolute atomic E-state index is 15.2. The summed E-state index contributed by atoms with van der Waals surface area (Å²) in [6.07, 6.45) is 7.20. The van der Waals surface area contributed by atoms with Crippen molar-refractivity contribution in [3.8, 4) is 0 Å². The Morgan fingerprint density at radius 3 is 2.04 bits per heavy atom. The fraction of sp³-hybridized carbons (Fsp3) is 0.775. The predicted octanol–water partition coefficient (Wildman–Crippen LogP) is 2.04. The zero-order chi connectivity index (χ0) is 37.5. The predicted molar refractivity (Wildman–Crippen MR) is 187 cm³/mol. The van der Waals surface area contributed by atoms with Crippen molar-refractivity contribution < 1.29 is 28.8 Å². The van der Waals surface area contributed by atoms with Crippen molar-refractivity contribution in [1.29, 1.82) is 0 Å². The van der Waals surface area contributed by atoms with Crippen LogP contribution in [0, 0.1) is 45.8 Å². The highest BCUT2D eigenvalue weighted by atomic mass is 16.2. The van der Waals surface area contributed by atoms with Gasteiger partial charge in [0.15, 0.2) is 0 Å². The molecule has 52 heavy (non-hydrogen) atoms. The van der Waals surface area contributed by atoms with E-state index in [0.29, 0.717) is 51.5 Å². The molecule has 12 rings (SSSR count). The van der Waals surface area contributed by atoms with Gasteiger partial charge < -0.3 is 29.4 Å². The Balaban J connectivity index is 1.10. The Kier molecular flexibility index (Phi) is 5.58. The van der Waals surface area contributed by atoms with Crippen molar-refractivity contribution in [1.82, 2.24) is 29.4 Å². The molecule has 0 N–H and O–H groups in total. The smallest absolute Gasteiger partial charge is 0.249 e. The SMILES string of the molecule is C[C@H]1CC(=O)N2C[C@]34C[C@]5(CC(C6=CN(C)C(=O)[C@@]67C[C@@]68[CH]C[C@]9(C(=O)N6C)[C@@H](C)CC(=O)N9C8C7(C)C)N(C)C5=O)C(C)(C)[C@@H]3C[C@]12C(=O)N4C. The summed E-state index contributed by atoms with van der Waals surface area (Å²) in [4.78, 5) is 97.4. The minimum absolute atomic E-state index is 0.00382. The number of nitrogens with zero attached hydrogens (tertiary/aromatic N) is 6. The fourth-order valence-corrected chi connectivity index (χ4v) is 15.7. The number of rotatable bonds is 1. The lowest BCUT2D eigenvalue weighted by Gasteiger charge is -2.65. The lowest BCUT2D eigenvalue weighted by atomic mass is 9.56. The topological polar surface area (TPSA) is 122 Å². The number of piperazine rings is 2. The van der Waals surface area contributed by atoms with E-state index in [1.54, 1.807) is 11.9 Å². The van der Waals surface area contributed by atoms with Gasteiger partial charge in [-0.2, -0.15) is 0 Å². The number of piperidine rings is 4. The fourth-order valence-electron chi connectivity index (χ4n) is 15.7. The van der Waals surface area contributed by atoms with Crippen LogP contribution in [-0.4, -0.2) is 134 Å². The van der Waals surface area contributed by atoms with Crippen LogP contribution in [0.4, 0.5) is 0 Å². The standard InChI is InChI=1S/C40H53N6O6/c1-21-14-27(48)46-28-34(5,6)38(19-36(28)11-12-39(21,46)31(51)43(36)9)23(17-41(7)30(38)50)24-15-35(29(49)42(24)8)18-37-20-45-26(47)13-22(2)40(45,32(52)44(37)10)16-25(37)33(35,3)4/h11,17,21-22,24-25,28H,12-16,18-20H2,1-10H3/t21-,22-,24?,25-,28?,35-,36+,37+,38+,39+,40+/m0/s1.